The average molecular weight is 411 g/mol. The van der Waals surface area contributed by atoms with Gasteiger partial charge >= 0.3 is 5.69 Å². The smallest absolute Gasteiger partial charge is 0.331 e. The maximum atomic E-state index is 13.2. The summed E-state index contributed by atoms with van der Waals surface area (Å²) >= 11 is 0. The van der Waals surface area contributed by atoms with Gasteiger partial charge in [0.25, 0.3) is 5.56 Å². The number of para-hydroxylation sites is 1. The lowest BCUT2D eigenvalue weighted by molar-refractivity contribution is -0.121. The molecule has 0 saturated heterocycles. The van der Waals surface area contributed by atoms with Crippen LogP contribution < -0.4 is 16.6 Å². The quantitative estimate of drug-likeness (QED) is 0.550. The first-order chi connectivity index (χ1) is 14.5. The van der Waals surface area contributed by atoms with E-state index in [1.54, 1.807) is 36.4 Å². The Labute approximate surface area is 174 Å². The first kappa shape index (κ1) is 21.5. The molecule has 0 fully saturated rings. The van der Waals surface area contributed by atoms with E-state index in [4.69, 9.17) is 0 Å². The van der Waals surface area contributed by atoms with E-state index in [9.17, 15) is 18.8 Å². The Morgan fingerprint density at radius 2 is 1.73 bits per heavy atom. The number of benzene rings is 2. The van der Waals surface area contributed by atoms with Gasteiger partial charge < -0.3 is 5.32 Å². The van der Waals surface area contributed by atoms with Crippen LogP contribution in [0, 0.1) is 5.82 Å². The number of unbranched alkanes of at least 4 members (excludes halogenated alkanes) is 1. The van der Waals surface area contributed by atoms with Gasteiger partial charge in [-0.2, -0.15) is 0 Å². The molecule has 3 rings (SSSR count). The minimum atomic E-state index is -0.436. The molecule has 30 heavy (non-hydrogen) atoms. The van der Waals surface area contributed by atoms with E-state index < -0.39 is 5.69 Å². The van der Waals surface area contributed by atoms with Crippen LogP contribution in [-0.4, -0.2) is 21.6 Å². The molecule has 0 atom stereocenters. The van der Waals surface area contributed by atoms with E-state index in [0.29, 0.717) is 23.9 Å². The van der Waals surface area contributed by atoms with Crippen molar-refractivity contribution in [1.82, 2.24) is 14.5 Å². The molecule has 0 aliphatic heterocycles. The summed E-state index contributed by atoms with van der Waals surface area (Å²) in [7, 11) is 0. The van der Waals surface area contributed by atoms with Gasteiger partial charge in [-0.3, -0.25) is 18.7 Å². The van der Waals surface area contributed by atoms with Crippen LogP contribution in [-0.2, 0) is 17.9 Å². The molecule has 0 saturated carbocycles. The zero-order chi connectivity index (χ0) is 21.5. The third-order valence-electron chi connectivity index (χ3n) is 5.02. The van der Waals surface area contributed by atoms with Crippen molar-refractivity contribution in [1.29, 1.82) is 0 Å². The van der Waals surface area contributed by atoms with E-state index in [1.165, 1.54) is 21.3 Å². The zero-order valence-electron chi connectivity index (χ0n) is 17.1. The summed E-state index contributed by atoms with van der Waals surface area (Å²) in [6.07, 6.45) is 2.56. The van der Waals surface area contributed by atoms with Crippen molar-refractivity contribution in [3.63, 3.8) is 0 Å². The molecule has 7 heteroatoms. The van der Waals surface area contributed by atoms with Crippen molar-refractivity contribution in [2.45, 2.75) is 45.7 Å². The molecule has 158 valence electrons. The van der Waals surface area contributed by atoms with Crippen molar-refractivity contribution in [3.8, 4) is 0 Å². The largest absolute Gasteiger partial charge is 0.356 e. The average Bonchev–Trinajstić information content (AvgIpc) is 2.75. The number of fused-ring (bicyclic) bond motifs is 1. The molecule has 1 heterocycles. The maximum absolute atomic E-state index is 13.2. The van der Waals surface area contributed by atoms with E-state index in [0.717, 1.165) is 18.4 Å². The van der Waals surface area contributed by atoms with Crippen LogP contribution in [0.5, 0.6) is 0 Å². The lowest BCUT2D eigenvalue weighted by atomic mass is 10.2. The number of nitrogens with zero attached hydrogens (tertiary/aromatic N) is 2. The number of amides is 1. The molecule has 0 radical (unpaired) electrons. The molecule has 0 bridgehead atoms. The summed E-state index contributed by atoms with van der Waals surface area (Å²) in [4.78, 5) is 37.9. The molecule has 0 aliphatic carbocycles. The second-order valence-corrected chi connectivity index (χ2v) is 7.28. The van der Waals surface area contributed by atoms with Gasteiger partial charge in [0.1, 0.15) is 5.82 Å². The topological polar surface area (TPSA) is 73.1 Å². The summed E-state index contributed by atoms with van der Waals surface area (Å²) in [5.41, 5.74) is 0.487. The van der Waals surface area contributed by atoms with Gasteiger partial charge in [-0.1, -0.05) is 37.6 Å². The molecule has 6 nitrogen and oxygen atoms in total. The Bertz CT molecular complexity index is 1130. The third kappa shape index (κ3) is 5.03. The fourth-order valence-corrected chi connectivity index (χ4v) is 3.38. The first-order valence-electron chi connectivity index (χ1n) is 10.2. The van der Waals surface area contributed by atoms with Crippen LogP contribution >= 0.6 is 0 Å². The highest BCUT2D eigenvalue weighted by molar-refractivity contribution is 5.78. The van der Waals surface area contributed by atoms with E-state index in [2.05, 4.69) is 12.2 Å². The Morgan fingerprint density at radius 1 is 1.00 bits per heavy atom. The van der Waals surface area contributed by atoms with Crippen LogP contribution in [0.25, 0.3) is 10.9 Å². The van der Waals surface area contributed by atoms with Crippen molar-refractivity contribution in [3.05, 3.63) is 80.7 Å². The fourth-order valence-electron chi connectivity index (χ4n) is 3.38. The number of halogens is 1. The van der Waals surface area contributed by atoms with Crippen LogP contribution in [0.15, 0.2) is 58.1 Å². The number of carbonyl (C=O) groups is 1. The predicted molar refractivity (Wildman–Crippen MR) is 115 cm³/mol. The van der Waals surface area contributed by atoms with Gasteiger partial charge in [-0.05, 0) is 42.7 Å². The SMILES string of the molecule is CCCCNC(=O)CCCn1c(=O)c2ccccc2n(Cc2ccc(F)cc2)c1=O. The predicted octanol–water partition coefficient (Wildman–Crippen LogP) is 3.05. The molecule has 0 aliphatic rings. The number of aromatic nitrogens is 2. The molecule has 0 spiro atoms. The third-order valence-corrected chi connectivity index (χ3v) is 5.02. The highest BCUT2D eigenvalue weighted by Crippen LogP contribution is 2.11. The molecule has 1 aromatic heterocycles. The minimum Gasteiger partial charge on any atom is -0.356 e. The van der Waals surface area contributed by atoms with Gasteiger partial charge in [-0.15, -0.1) is 0 Å². The Morgan fingerprint density at radius 3 is 2.47 bits per heavy atom. The molecule has 2 aromatic carbocycles. The highest BCUT2D eigenvalue weighted by atomic mass is 19.1. The summed E-state index contributed by atoms with van der Waals surface area (Å²) in [5.74, 6) is -0.429. The lowest BCUT2D eigenvalue weighted by Crippen LogP contribution is -2.40. The van der Waals surface area contributed by atoms with Gasteiger partial charge in [0.05, 0.1) is 17.4 Å². The Balaban J connectivity index is 1.87. The number of carbonyl (C=O) groups excluding carboxylic acids is 1. The van der Waals surface area contributed by atoms with Crippen LogP contribution in [0.2, 0.25) is 0 Å². The summed E-state index contributed by atoms with van der Waals surface area (Å²) < 4.78 is 15.9. The second kappa shape index (κ2) is 10.0. The number of hydrogen-bond acceptors (Lipinski definition) is 3. The zero-order valence-corrected chi connectivity index (χ0v) is 17.1. The molecule has 1 amide bonds. The van der Waals surface area contributed by atoms with E-state index in [-0.39, 0.29) is 36.8 Å². The molecule has 0 unspecified atom stereocenters. The molecular weight excluding hydrogens is 385 g/mol. The highest BCUT2D eigenvalue weighted by Gasteiger charge is 2.13. The molecule has 1 N–H and O–H groups in total. The number of hydrogen-bond donors (Lipinski definition) is 1. The number of nitrogens with one attached hydrogen (secondary N) is 1. The first-order valence-corrected chi connectivity index (χ1v) is 10.2. The summed E-state index contributed by atoms with van der Waals surface area (Å²) in [6.45, 7) is 3.07. The molecular formula is C23H26FN3O3. The standard InChI is InChI=1S/C23H26FN3O3/c1-2-3-14-25-21(28)9-6-15-26-22(29)19-7-4-5-8-20(19)27(23(26)30)16-17-10-12-18(24)13-11-17/h4-5,7-8,10-13H,2-3,6,9,14-16H2,1H3,(H,25,28). The fraction of sp³-hybridized carbons (Fsp3) is 0.348. The number of rotatable bonds is 9. The van der Waals surface area contributed by atoms with E-state index >= 15 is 0 Å². The summed E-state index contributed by atoms with van der Waals surface area (Å²) in [5, 5.41) is 3.27. The maximum Gasteiger partial charge on any atom is 0.331 e. The monoisotopic (exact) mass is 411 g/mol. The Kier molecular flexibility index (Phi) is 7.17. The minimum absolute atomic E-state index is 0.0797. The van der Waals surface area contributed by atoms with Gasteiger partial charge in [0.2, 0.25) is 5.91 Å². The van der Waals surface area contributed by atoms with Crippen molar-refractivity contribution in [2.75, 3.05) is 6.54 Å². The Hall–Kier alpha value is -3.22. The summed E-state index contributed by atoms with van der Waals surface area (Å²) in [6, 6.07) is 12.9. The van der Waals surface area contributed by atoms with Crippen LogP contribution in [0.1, 0.15) is 38.2 Å². The lowest BCUT2D eigenvalue weighted by Gasteiger charge is -2.14. The normalized spacial score (nSPS) is 11.0. The second-order valence-electron chi connectivity index (χ2n) is 7.28. The van der Waals surface area contributed by atoms with E-state index in [1.807, 2.05) is 0 Å². The van der Waals surface area contributed by atoms with Crippen molar-refractivity contribution >= 4 is 16.8 Å². The molecule has 3 aromatic rings. The van der Waals surface area contributed by atoms with Crippen LogP contribution in [0.3, 0.4) is 0 Å². The van der Waals surface area contributed by atoms with Gasteiger partial charge in [-0.25, -0.2) is 9.18 Å². The van der Waals surface area contributed by atoms with Gasteiger partial charge in [0.15, 0.2) is 0 Å². The van der Waals surface area contributed by atoms with Crippen LogP contribution in [0.4, 0.5) is 4.39 Å². The van der Waals surface area contributed by atoms with Crippen molar-refractivity contribution < 1.29 is 9.18 Å². The van der Waals surface area contributed by atoms with Crippen molar-refractivity contribution in [2.24, 2.45) is 0 Å². The van der Waals surface area contributed by atoms with Gasteiger partial charge in [0, 0.05) is 19.5 Å².